The van der Waals surface area contributed by atoms with Gasteiger partial charge in [0.05, 0.1) is 27.8 Å². The van der Waals surface area contributed by atoms with Crippen LogP contribution < -0.4 is 5.32 Å². The lowest BCUT2D eigenvalue weighted by molar-refractivity contribution is -0.384. The van der Waals surface area contributed by atoms with Crippen LogP contribution in [0.5, 0.6) is 0 Å². The summed E-state index contributed by atoms with van der Waals surface area (Å²) in [6.45, 7) is 2.11. The highest BCUT2D eigenvalue weighted by Crippen LogP contribution is 2.25. The Morgan fingerprint density at radius 2 is 2.00 bits per heavy atom. The number of nitro benzene ring substituents is 1. The molecule has 7 nitrogen and oxygen atoms in total. The number of hydrogen-bond acceptors (Lipinski definition) is 5. The van der Waals surface area contributed by atoms with Crippen LogP contribution >= 0.6 is 11.8 Å². The van der Waals surface area contributed by atoms with Gasteiger partial charge in [-0.3, -0.25) is 14.9 Å². The number of benzene rings is 2. The van der Waals surface area contributed by atoms with Crippen molar-refractivity contribution in [2.75, 3.05) is 0 Å². The lowest BCUT2D eigenvalue weighted by Crippen LogP contribution is -2.30. The van der Waals surface area contributed by atoms with E-state index in [2.05, 4.69) is 15.3 Å². The minimum atomic E-state index is -0.447. The lowest BCUT2D eigenvalue weighted by atomic mass is 10.3. The number of para-hydroxylation sites is 2. The molecule has 0 radical (unpaired) electrons. The van der Waals surface area contributed by atoms with E-state index in [1.807, 2.05) is 24.3 Å². The number of carbonyl (C=O) groups is 1. The molecule has 1 heterocycles. The molecular formula is C17H16N4O3S. The second-order valence-corrected chi connectivity index (χ2v) is 6.84. The van der Waals surface area contributed by atoms with E-state index in [9.17, 15) is 14.9 Å². The number of fused-ring (bicyclic) bond motifs is 1. The van der Waals surface area contributed by atoms with Crippen LogP contribution in [0.15, 0.2) is 53.4 Å². The number of aromatic nitrogens is 2. The van der Waals surface area contributed by atoms with Gasteiger partial charge in [0.2, 0.25) is 5.91 Å². The zero-order valence-corrected chi connectivity index (χ0v) is 14.2. The van der Waals surface area contributed by atoms with Gasteiger partial charge in [0.25, 0.3) is 5.69 Å². The van der Waals surface area contributed by atoms with E-state index >= 15 is 0 Å². The molecule has 8 heteroatoms. The number of nitrogens with zero attached hydrogens (tertiary/aromatic N) is 2. The first-order chi connectivity index (χ1) is 12.0. The van der Waals surface area contributed by atoms with Crippen molar-refractivity contribution in [3.63, 3.8) is 0 Å². The summed E-state index contributed by atoms with van der Waals surface area (Å²) in [4.78, 5) is 30.8. The number of thioether (sulfide) groups is 1. The average molecular weight is 356 g/mol. The largest absolute Gasteiger partial charge is 0.348 e. The molecule has 1 aromatic heterocycles. The number of rotatable bonds is 6. The highest BCUT2D eigenvalue weighted by atomic mass is 32.2. The van der Waals surface area contributed by atoms with Crippen LogP contribution in [0.3, 0.4) is 0 Å². The third kappa shape index (κ3) is 4.16. The highest BCUT2D eigenvalue weighted by Gasteiger charge is 2.15. The SMILES string of the molecule is CC(Sc1ccc([N+](=O)[O-])cc1)C(=O)NCc1nc2ccccc2[nH]1. The fourth-order valence-corrected chi connectivity index (χ4v) is 3.20. The molecular weight excluding hydrogens is 340 g/mol. The molecule has 0 saturated carbocycles. The maximum absolute atomic E-state index is 12.2. The number of aromatic amines is 1. The van der Waals surface area contributed by atoms with Crippen molar-refractivity contribution in [1.29, 1.82) is 0 Å². The van der Waals surface area contributed by atoms with E-state index in [0.29, 0.717) is 12.4 Å². The van der Waals surface area contributed by atoms with Crippen molar-refractivity contribution >= 4 is 34.4 Å². The van der Waals surface area contributed by atoms with Crippen molar-refractivity contribution in [3.8, 4) is 0 Å². The molecule has 25 heavy (non-hydrogen) atoms. The van der Waals surface area contributed by atoms with E-state index in [1.54, 1.807) is 19.1 Å². The normalized spacial score (nSPS) is 12.0. The Morgan fingerprint density at radius 3 is 2.68 bits per heavy atom. The lowest BCUT2D eigenvalue weighted by Gasteiger charge is -2.11. The molecule has 1 amide bonds. The Hall–Kier alpha value is -2.87. The Morgan fingerprint density at radius 1 is 1.28 bits per heavy atom. The van der Waals surface area contributed by atoms with Crippen LogP contribution in [-0.4, -0.2) is 26.0 Å². The second-order valence-electron chi connectivity index (χ2n) is 5.43. The van der Waals surface area contributed by atoms with Crippen LogP contribution in [-0.2, 0) is 11.3 Å². The van der Waals surface area contributed by atoms with Gasteiger partial charge in [-0.2, -0.15) is 0 Å². The molecule has 3 aromatic rings. The maximum atomic E-state index is 12.2. The van der Waals surface area contributed by atoms with Gasteiger partial charge in [0, 0.05) is 17.0 Å². The van der Waals surface area contributed by atoms with E-state index in [0.717, 1.165) is 15.9 Å². The van der Waals surface area contributed by atoms with Crippen molar-refractivity contribution in [3.05, 3.63) is 64.5 Å². The van der Waals surface area contributed by atoms with Gasteiger partial charge in [0.1, 0.15) is 5.82 Å². The van der Waals surface area contributed by atoms with Gasteiger partial charge >= 0.3 is 0 Å². The standard InChI is InChI=1S/C17H16N4O3S/c1-11(25-13-8-6-12(7-9-13)21(23)24)17(22)18-10-16-19-14-4-2-3-5-15(14)20-16/h2-9,11H,10H2,1H3,(H,18,22)(H,19,20). The van der Waals surface area contributed by atoms with E-state index in [1.165, 1.54) is 23.9 Å². The highest BCUT2D eigenvalue weighted by molar-refractivity contribution is 8.00. The first-order valence-corrected chi connectivity index (χ1v) is 8.53. The predicted molar refractivity (Wildman–Crippen MR) is 96.4 cm³/mol. The van der Waals surface area contributed by atoms with Crippen LogP contribution in [0.25, 0.3) is 11.0 Å². The van der Waals surface area contributed by atoms with Gasteiger partial charge in [-0.15, -0.1) is 11.8 Å². The number of nitro groups is 1. The summed E-state index contributed by atoms with van der Waals surface area (Å²) in [5.74, 6) is 0.575. The molecule has 2 N–H and O–H groups in total. The van der Waals surface area contributed by atoms with Crippen molar-refractivity contribution in [1.82, 2.24) is 15.3 Å². The van der Waals surface area contributed by atoms with Gasteiger partial charge in [-0.1, -0.05) is 12.1 Å². The first kappa shape index (κ1) is 17.0. The van der Waals surface area contributed by atoms with Crippen LogP contribution in [0.2, 0.25) is 0 Å². The summed E-state index contributed by atoms with van der Waals surface area (Å²) in [5.41, 5.74) is 1.83. The summed E-state index contributed by atoms with van der Waals surface area (Å²) < 4.78 is 0. The Balaban J connectivity index is 1.56. The fraction of sp³-hybridized carbons (Fsp3) is 0.176. The van der Waals surface area contributed by atoms with E-state index in [4.69, 9.17) is 0 Å². The molecule has 0 aliphatic carbocycles. The predicted octanol–water partition coefficient (Wildman–Crippen LogP) is 3.27. The van der Waals surface area contributed by atoms with Crippen LogP contribution in [0.4, 0.5) is 5.69 Å². The molecule has 3 rings (SSSR count). The van der Waals surface area contributed by atoms with Crippen LogP contribution in [0.1, 0.15) is 12.7 Å². The molecule has 0 aliphatic heterocycles. The molecule has 0 spiro atoms. The molecule has 1 atom stereocenters. The molecule has 0 fully saturated rings. The molecule has 0 bridgehead atoms. The van der Waals surface area contributed by atoms with E-state index in [-0.39, 0.29) is 16.8 Å². The summed E-state index contributed by atoms with van der Waals surface area (Å²) in [6, 6.07) is 13.8. The third-order valence-electron chi connectivity index (χ3n) is 3.60. The maximum Gasteiger partial charge on any atom is 0.269 e. The summed E-state index contributed by atoms with van der Waals surface area (Å²) >= 11 is 1.35. The average Bonchev–Trinajstić information content (AvgIpc) is 3.03. The minimum absolute atomic E-state index is 0.0336. The number of non-ortho nitro benzene ring substituents is 1. The summed E-state index contributed by atoms with van der Waals surface area (Å²) in [5, 5.41) is 13.2. The third-order valence-corrected chi connectivity index (χ3v) is 4.71. The number of H-pyrrole nitrogens is 1. The second kappa shape index (κ2) is 7.35. The Bertz CT molecular complexity index is 875. The van der Waals surface area contributed by atoms with Gasteiger partial charge < -0.3 is 10.3 Å². The van der Waals surface area contributed by atoms with Gasteiger partial charge in [-0.25, -0.2) is 4.98 Å². The molecule has 0 saturated heterocycles. The number of imidazole rings is 1. The molecule has 128 valence electrons. The first-order valence-electron chi connectivity index (χ1n) is 7.65. The number of amides is 1. The minimum Gasteiger partial charge on any atom is -0.348 e. The van der Waals surface area contributed by atoms with Crippen molar-refractivity contribution in [2.24, 2.45) is 0 Å². The summed E-state index contributed by atoms with van der Waals surface area (Å²) in [7, 11) is 0. The number of nitrogens with one attached hydrogen (secondary N) is 2. The molecule has 2 aromatic carbocycles. The fourth-order valence-electron chi connectivity index (χ4n) is 2.31. The van der Waals surface area contributed by atoms with Crippen LogP contribution in [0, 0.1) is 10.1 Å². The summed E-state index contributed by atoms with van der Waals surface area (Å²) in [6.07, 6.45) is 0. The Kier molecular flexibility index (Phi) is 4.99. The zero-order valence-electron chi connectivity index (χ0n) is 13.4. The van der Waals surface area contributed by atoms with Gasteiger partial charge in [-0.05, 0) is 31.2 Å². The quantitative estimate of drug-likeness (QED) is 0.401. The zero-order chi connectivity index (χ0) is 17.8. The van der Waals surface area contributed by atoms with Crippen molar-refractivity contribution in [2.45, 2.75) is 23.6 Å². The van der Waals surface area contributed by atoms with Gasteiger partial charge in [0.15, 0.2) is 0 Å². The van der Waals surface area contributed by atoms with E-state index < -0.39 is 4.92 Å². The monoisotopic (exact) mass is 356 g/mol. The molecule has 1 unspecified atom stereocenters. The number of carbonyl (C=O) groups excluding carboxylic acids is 1. The van der Waals surface area contributed by atoms with Crippen molar-refractivity contribution < 1.29 is 9.72 Å². The smallest absolute Gasteiger partial charge is 0.269 e. The Labute approximate surface area is 148 Å². The number of hydrogen-bond donors (Lipinski definition) is 2. The topological polar surface area (TPSA) is 101 Å². The molecule has 0 aliphatic rings.